The van der Waals surface area contributed by atoms with Gasteiger partial charge in [0.2, 0.25) is 5.91 Å². The van der Waals surface area contributed by atoms with Gasteiger partial charge in [-0.05, 0) is 28.1 Å². The van der Waals surface area contributed by atoms with Crippen LogP contribution in [0.1, 0.15) is 0 Å². The van der Waals surface area contributed by atoms with E-state index in [0.717, 1.165) is 10.2 Å². The summed E-state index contributed by atoms with van der Waals surface area (Å²) in [7, 11) is 0. The van der Waals surface area contributed by atoms with Crippen molar-refractivity contribution in [3.63, 3.8) is 0 Å². The second kappa shape index (κ2) is 7.05. The fraction of sp³-hybridized carbons (Fsp3) is 0.417. The highest BCUT2D eigenvalue weighted by atomic mass is 79.9. The highest BCUT2D eigenvalue weighted by Gasteiger charge is 2.30. The van der Waals surface area contributed by atoms with Crippen LogP contribution in [-0.4, -0.2) is 57.5 Å². The van der Waals surface area contributed by atoms with Gasteiger partial charge >= 0.3 is 5.97 Å². The summed E-state index contributed by atoms with van der Waals surface area (Å²) >= 11 is 4.86. The quantitative estimate of drug-likeness (QED) is 0.842. The topological polar surface area (TPSA) is 82.5 Å². The Labute approximate surface area is 129 Å². The van der Waals surface area contributed by atoms with E-state index in [1.54, 1.807) is 35.0 Å². The SMILES string of the molecule is O=C(CN1CCSCC1C(=O)O)Nc1ccc(Br)cn1. The van der Waals surface area contributed by atoms with Gasteiger partial charge in [-0.2, -0.15) is 11.8 Å². The maximum Gasteiger partial charge on any atom is 0.321 e. The minimum absolute atomic E-state index is 0.0648. The molecule has 1 aliphatic heterocycles. The summed E-state index contributed by atoms with van der Waals surface area (Å²) < 4.78 is 0.828. The highest BCUT2D eigenvalue weighted by Crippen LogP contribution is 2.17. The number of pyridine rings is 1. The van der Waals surface area contributed by atoms with E-state index in [1.807, 2.05) is 0 Å². The lowest BCUT2D eigenvalue weighted by molar-refractivity contribution is -0.142. The number of aromatic nitrogens is 1. The van der Waals surface area contributed by atoms with Gasteiger partial charge < -0.3 is 10.4 Å². The Hall–Kier alpha value is -1.12. The third kappa shape index (κ3) is 4.19. The average molecular weight is 360 g/mol. The van der Waals surface area contributed by atoms with Gasteiger partial charge in [-0.15, -0.1) is 0 Å². The van der Waals surface area contributed by atoms with Crippen molar-refractivity contribution in [2.24, 2.45) is 0 Å². The first-order chi connectivity index (χ1) is 9.56. The summed E-state index contributed by atoms with van der Waals surface area (Å²) in [5.41, 5.74) is 0. The zero-order valence-electron chi connectivity index (χ0n) is 10.6. The summed E-state index contributed by atoms with van der Waals surface area (Å²) in [5, 5.41) is 11.8. The van der Waals surface area contributed by atoms with Gasteiger partial charge in [0, 0.05) is 28.7 Å². The fourth-order valence-electron chi connectivity index (χ4n) is 1.87. The predicted molar refractivity (Wildman–Crippen MR) is 80.9 cm³/mol. The molecule has 108 valence electrons. The van der Waals surface area contributed by atoms with Crippen molar-refractivity contribution in [2.45, 2.75) is 6.04 Å². The van der Waals surface area contributed by atoms with Crippen molar-refractivity contribution in [3.05, 3.63) is 22.8 Å². The molecule has 0 aromatic carbocycles. The van der Waals surface area contributed by atoms with Crippen LogP contribution in [0, 0.1) is 0 Å². The molecule has 2 heterocycles. The van der Waals surface area contributed by atoms with Crippen LogP contribution >= 0.6 is 27.7 Å². The summed E-state index contributed by atoms with van der Waals surface area (Å²) in [4.78, 5) is 28.8. The van der Waals surface area contributed by atoms with Gasteiger partial charge in [-0.3, -0.25) is 14.5 Å². The van der Waals surface area contributed by atoms with Crippen LogP contribution in [0.25, 0.3) is 0 Å². The van der Waals surface area contributed by atoms with Crippen molar-refractivity contribution in [3.8, 4) is 0 Å². The third-order valence-electron chi connectivity index (χ3n) is 2.87. The molecule has 6 nitrogen and oxygen atoms in total. The van der Waals surface area contributed by atoms with Gasteiger partial charge in [-0.25, -0.2) is 4.98 Å². The Kier molecular flexibility index (Phi) is 5.38. The summed E-state index contributed by atoms with van der Waals surface area (Å²) in [6.45, 7) is 0.665. The fourth-order valence-corrected chi connectivity index (χ4v) is 3.21. The Balaban J connectivity index is 1.92. The second-order valence-corrected chi connectivity index (χ2v) is 6.37. The van der Waals surface area contributed by atoms with Gasteiger partial charge in [0.15, 0.2) is 0 Å². The van der Waals surface area contributed by atoms with Crippen molar-refractivity contribution < 1.29 is 14.7 Å². The Morgan fingerprint density at radius 2 is 2.35 bits per heavy atom. The minimum Gasteiger partial charge on any atom is -0.480 e. The molecule has 1 aliphatic rings. The zero-order valence-corrected chi connectivity index (χ0v) is 13.0. The summed E-state index contributed by atoms with van der Waals surface area (Å²) in [5.74, 6) is 0.674. The number of carboxylic acid groups (broad SMARTS) is 1. The summed E-state index contributed by atoms with van der Waals surface area (Å²) in [6, 6.07) is 2.86. The molecule has 0 spiro atoms. The van der Waals surface area contributed by atoms with Gasteiger partial charge in [-0.1, -0.05) is 0 Å². The smallest absolute Gasteiger partial charge is 0.321 e. The Morgan fingerprint density at radius 1 is 1.55 bits per heavy atom. The van der Waals surface area contributed by atoms with Gasteiger partial charge in [0.05, 0.1) is 6.54 Å². The number of halogens is 1. The molecule has 2 rings (SSSR count). The molecule has 1 fully saturated rings. The van der Waals surface area contributed by atoms with Gasteiger partial charge in [0.1, 0.15) is 11.9 Å². The molecule has 2 N–H and O–H groups in total. The first-order valence-corrected chi connectivity index (χ1v) is 7.97. The molecule has 1 amide bonds. The lowest BCUT2D eigenvalue weighted by Gasteiger charge is -2.31. The zero-order chi connectivity index (χ0) is 14.5. The highest BCUT2D eigenvalue weighted by molar-refractivity contribution is 9.10. The molecule has 0 bridgehead atoms. The monoisotopic (exact) mass is 359 g/mol. The number of carbonyl (C=O) groups is 2. The molecule has 1 aromatic rings. The second-order valence-electron chi connectivity index (χ2n) is 4.31. The molecule has 1 atom stereocenters. The van der Waals surface area contributed by atoms with E-state index in [-0.39, 0.29) is 12.5 Å². The number of nitrogens with one attached hydrogen (secondary N) is 1. The van der Waals surface area contributed by atoms with E-state index in [2.05, 4.69) is 26.2 Å². The number of nitrogens with zero attached hydrogens (tertiary/aromatic N) is 2. The number of carboxylic acids is 1. The lowest BCUT2D eigenvalue weighted by Crippen LogP contribution is -2.50. The Morgan fingerprint density at radius 3 is 3.00 bits per heavy atom. The number of anilines is 1. The molecule has 1 saturated heterocycles. The first-order valence-electron chi connectivity index (χ1n) is 6.02. The van der Waals surface area contributed by atoms with Crippen LogP contribution in [0.2, 0.25) is 0 Å². The van der Waals surface area contributed by atoms with E-state index >= 15 is 0 Å². The molecule has 1 aromatic heterocycles. The van der Waals surface area contributed by atoms with E-state index in [4.69, 9.17) is 5.11 Å². The van der Waals surface area contributed by atoms with E-state index < -0.39 is 12.0 Å². The Bertz CT molecular complexity index is 497. The van der Waals surface area contributed by atoms with Crippen LogP contribution in [0.4, 0.5) is 5.82 Å². The molecule has 20 heavy (non-hydrogen) atoms. The van der Waals surface area contributed by atoms with Crippen LogP contribution in [-0.2, 0) is 9.59 Å². The van der Waals surface area contributed by atoms with Crippen LogP contribution < -0.4 is 5.32 Å². The third-order valence-corrected chi connectivity index (χ3v) is 4.36. The number of carbonyl (C=O) groups excluding carboxylic acids is 1. The van der Waals surface area contributed by atoms with Crippen molar-refractivity contribution >= 4 is 45.4 Å². The number of amides is 1. The molecule has 0 saturated carbocycles. The maximum atomic E-state index is 11.9. The minimum atomic E-state index is -0.883. The largest absolute Gasteiger partial charge is 0.480 e. The molecule has 0 aliphatic carbocycles. The van der Waals surface area contributed by atoms with E-state index in [9.17, 15) is 9.59 Å². The predicted octanol–water partition coefficient (Wildman–Crippen LogP) is 1.28. The molecule has 0 radical (unpaired) electrons. The molecule has 1 unspecified atom stereocenters. The van der Waals surface area contributed by atoms with Crippen molar-refractivity contribution in [1.29, 1.82) is 0 Å². The molecule has 8 heteroatoms. The lowest BCUT2D eigenvalue weighted by atomic mass is 10.2. The first kappa shape index (κ1) is 15.3. The van der Waals surface area contributed by atoms with Crippen LogP contribution in [0.5, 0.6) is 0 Å². The summed E-state index contributed by atoms with van der Waals surface area (Å²) in [6.07, 6.45) is 1.59. The molecular weight excluding hydrogens is 346 g/mol. The normalized spacial score (nSPS) is 19.6. The van der Waals surface area contributed by atoms with E-state index in [0.29, 0.717) is 18.1 Å². The number of aliphatic carboxylic acids is 1. The number of hydrogen-bond acceptors (Lipinski definition) is 5. The van der Waals surface area contributed by atoms with Gasteiger partial charge in [0.25, 0.3) is 0 Å². The number of thioether (sulfide) groups is 1. The maximum absolute atomic E-state index is 11.9. The van der Waals surface area contributed by atoms with Crippen LogP contribution in [0.15, 0.2) is 22.8 Å². The average Bonchev–Trinajstić information content (AvgIpc) is 2.41. The van der Waals surface area contributed by atoms with E-state index in [1.165, 1.54) is 0 Å². The molecular formula is C12H14BrN3O3S. The van der Waals surface area contributed by atoms with Crippen molar-refractivity contribution in [2.75, 3.05) is 29.9 Å². The van der Waals surface area contributed by atoms with Crippen molar-refractivity contribution in [1.82, 2.24) is 9.88 Å². The number of rotatable bonds is 4. The van der Waals surface area contributed by atoms with Crippen LogP contribution in [0.3, 0.4) is 0 Å². The number of hydrogen-bond donors (Lipinski definition) is 2. The standard InChI is InChI=1S/C12H14BrN3O3S/c13-8-1-2-10(14-5-8)15-11(17)6-16-3-4-20-7-9(16)12(18)19/h1-2,5,9H,3-4,6-7H2,(H,18,19)(H,14,15,17).